The molecule has 6 nitrogen and oxygen atoms in total. The number of halogens is 3. The third-order valence-electron chi connectivity index (χ3n) is 4.95. The van der Waals surface area contributed by atoms with Crippen molar-refractivity contribution in [2.24, 2.45) is 11.8 Å². The second-order valence-electron chi connectivity index (χ2n) is 7.60. The molecular formula is C19H27F3N6. The molecule has 2 heterocycles. The smallest absolute Gasteiger partial charge is 0.368 e. The van der Waals surface area contributed by atoms with E-state index in [-0.39, 0.29) is 29.6 Å². The summed E-state index contributed by atoms with van der Waals surface area (Å²) in [5.74, 6) is 0.898. The molecule has 28 heavy (non-hydrogen) atoms. The maximum Gasteiger partial charge on any atom is 0.433 e. The molecule has 0 bridgehead atoms. The van der Waals surface area contributed by atoms with Crippen LogP contribution in [0.4, 0.5) is 25.1 Å². The van der Waals surface area contributed by atoms with Crippen LogP contribution < -0.4 is 10.6 Å². The van der Waals surface area contributed by atoms with Crippen molar-refractivity contribution in [3.63, 3.8) is 0 Å². The van der Waals surface area contributed by atoms with E-state index in [2.05, 4.69) is 61.5 Å². The van der Waals surface area contributed by atoms with Crippen molar-refractivity contribution >= 4 is 11.9 Å². The van der Waals surface area contributed by atoms with Crippen LogP contribution in [0.15, 0.2) is 18.2 Å². The summed E-state index contributed by atoms with van der Waals surface area (Å²) in [5, 5.41) is 0. The quantitative estimate of drug-likeness (QED) is 0.778. The highest BCUT2D eigenvalue weighted by molar-refractivity contribution is 5.54. The summed E-state index contributed by atoms with van der Waals surface area (Å²) in [6.45, 7) is 12.5. The van der Waals surface area contributed by atoms with Gasteiger partial charge < -0.3 is 10.6 Å². The molecule has 2 N–H and O–H groups in total. The largest absolute Gasteiger partial charge is 0.433 e. The lowest BCUT2D eigenvalue weighted by molar-refractivity contribution is -0.141. The van der Waals surface area contributed by atoms with Gasteiger partial charge in [-0.15, -0.1) is 0 Å². The van der Waals surface area contributed by atoms with Gasteiger partial charge in [0.05, 0.1) is 0 Å². The summed E-state index contributed by atoms with van der Waals surface area (Å²) < 4.78 is 39.0. The van der Waals surface area contributed by atoms with Crippen molar-refractivity contribution in [2.45, 2.75) is 59.8 Å². The molecule has 2 rings (SSSR count). The average Bonchev–Trinajstić information content (AvgIpc) is 2.60. The minimum Gasteiger partial charge on any atom is -0.368 e. The molecule has 2 atom stereocenters. The molecule has 0 amide bonds. The number of anilines is 2. The lowest BCUT2D eigenvalue weighted by Gasteiger charge is -2.38. The van der Waals surface area contributed by atoms with Gasteiger partial charge in [-0.1, -0.05) is 33.8 Å². The first kappa shape index (κ1) is 21.8. The molecule has 0 fully saturated rings. The van der Waals surface area contributed by atoms with E-state index in [1.807, 2.05) is 4.90 Å². The van der Waals surface area contributed by atoms with Crippen LogP contribution in [0.3, 0.4) is 0 Å². The van der Waals surface area contributed by atoms with Crippen LogP contribution in [-0.4, -0.2) is 32.0 Å². The third kappa shape index (κ3) is 4.88. The van der Waals surface area contributed by atoms with E-state index in [1.165, 1.54) is 12.1 Å². The Kier molecular flexibility index (Phi) is 6.46. The van der Waals surface area contributed by atoms with E-state index < -0.39 is 11.9 Å². The Labute approximate surface area is 163 Å². The number of rotatable bonds is 6. The highest BCUT2D eigenvalue weighted by Gasteiger charge is 2.33. The maximum atomic E-state index is 13.0. The number of hydrogen-bond donors (Lipinski definition) is 1. The fraction of sp³-hybridized carbons (Fsp3) is 0.579. The van der Waals surface area contributed by atoms with Crippen molar-refractivity contribution in [2.75, 3.05) is 10.6 Å². The first-order chi connectivity index (χ1) is 12.9. The SMILES string of the molecule is CC(C)[C@H](C)N(c1nc(N)nc(-c2cccc(C(F)(F)F)n2)n1)[C@@H](C)C(C)C. The third-order valence-corrected chi connectivity index (χ3v) is 4.95. The molecule has 154 valence electrons. The first-order valence-electron chi connectivity index (χ1n) is 9.26. The van der Waals surface area contributed by atoms with Crippen molar-refractivity contribution in [3.05, 3.63) is 23.9 Å². The zero-order valence-corrected chi connectivity index (χ0v) is 17.0. The fourth-order valence-electron chi connectivity index (χ4n) is 2.71. The standard InChI is InChI=1S/C19H27F3N6/c1-10(2)12(5)28(13(6)11(3)4)18-26-16(25-17(23)27-18)14-8-7-9-15(24-14)19(20,21)22/h7-13H,1-6H3,(H2,23,25,26,27)/t12-,13-/m0/s1. The summed E-state index contributed by atoms with van der Waals surface area (Å²) in [5.41, 5.74) is 4.87. The molecule has 0 radical (unpaired) electrons. The van der Waals surface area contributed by atoms with E-state index in [9.17, 15) is 13.2 Å². The second kappa shape index (κ2) is 8.28. The van der Waals surface area contributed by atoms with E-state index in [4.69, 9.17) is 5.73 Å². The summed E-state index contributed by atoms with van der Waals surface area (Å²) in [6.07, 6.45) is -4.55. The van der Waals surface area contributed by atoms with Crippen LogP contribution in [-0.2, 0) is 6.18 Å². The van der Waals surface area contributed by atoms with Crippen molar-refractivity contribution in [1.29, 1.82) is 0 Å². The highest BCUT2D eigenvalue weighted by atomic mass is 19.4. The molecule has 2 aromatic rings. The van der Waals surface area contributed by atoms with Gasteiger partial charge in [0.1, 0.15) is 11.4 Å². The normalized spacial score (nSPS) is 14.4. The minimum atomic E-state index is -4.55. The van der Waals surface area contributed by atoms with Crippen LogP contribution in [0.2, 0.25) is 0 Å². The van der Waals surface area contributed by atoms with Crippen LogP contribution in [0.25, 0.3) is 11.5 Å². The predicted octanol–water partition coefficient (Wildman–Crippen LogP) is 4.43. The number of hydrogen-bond acceptors (Lipinski definition) is 6. The molecular weight excluding hydrogens is 369 g/mol. The second-order valence-corrected chi connectivity index (χ2v) is 7.60. The molecule has 2 aromatic heterocycles. The van der Waals surface area contributed by atoms with Gasteiger partial charge in [0, 0.05) is 12.1 Å². The Morgan fingerprint density at radius 1 is 0.857 bits per heavy atom. The summed E-state index contributed by atoms with van der Waals surface area (Å²) in [6, 6.07) is 3.78. The molecule has 0 saturated heterocycles. The Morgan fingerprint density at radius 2 is 1.43 bits per heavy atom. The lowest BCUT2D eigenvalue weighted by atomic mass is 9.98. The van der Waals surface area contributed by atoms with Gasteiger partial charge >= 0.3 is 6.18 Å². The van der Waals surface area contributed by atoms with Gasteiger partial charge in [0.2, 0.25) is 11.9 Å². The Balaban J connectivity index is 2.57. The predicted molar refractivity (Wildman–Crippen MR) is 104 cm³/mol. The molecule has 0 unspecified atom stereocenters. The number of nitrogens with zero attached hydrogens (tertiary/aromatic N) is 5. The zero-order chi connectivity index (χ0) is 21.2. The highest BCUT2D eigenvalue weighted by Crippen LogP contribution is 2.30. The van der Waals surface area contributed by atoms with E-state index in [1.54, 1.807) is 0 Å². The zero-order valence-electron chi connectivity index (χ0n) is 17.0. The average molecular weight is 396 g/mol. The van der Waals surface area contributed by atoms with Crippen LogP contribution in [0.5, 0.6) is 0 Å². The van der Waals surface area contributed by atoms with Crippen LogP contribution in [0.1, 0.15) is 47.2 Å². The monoisotopic (exact) mass is 396 g/mol. The van der Waals surface area contributed by atoms with Gasteiger partial charge in [-0.05, 0) is 37.8 Å². The lowest BCUT2D eigenvalue weighted by Crippen LogP contribution is -2.46. The summed E-state index contributed by atoms with van der Waals surface area (Å²) in [7, 11) is 0. The Hall–Kier alpha value is -2.45. The number of pyridine rings is 1. The molecule has 0 spiro atoms. The Morgan fingerprint density at radius 3 is 1.93 bits per heavy atom. The number of nitrogens with two attached hydrogens (primary N) is 1. The van der Waals surface area contributed by atoms with Gasteiger partial charge in [0.25, 0.3) is 0 Å². The van der Waals surface area contributed by atoms with Gasteiger partial charge in [-0.3, -0.25) is 0 Å². The number of alkyl halides is 3. The van der Waals surface area contributed by atoms with Gasteiger partial charge in [0.15, 0.2) is 5.82 Å². The number of aromatic nitrogens is 4. The molecule has 0 aliphatic heterocycles. The van der Waals surface area contributed by atoms with Gasteiger partial charge in [-0.2, -0.15) is 28.1 Å². The van der Waals surface area contributed by atoms with Crippen molar-refractivity contribution in [3.8, 4) is 11.5 Å². The van der Waals surface area contributed by atoms with Crippen molar-refractivity contribution < 1.29 is 13.2 Å². The van der Waals surface area contributed by atoms with Crippen molar-refractivity contribution in [1.82, 2.24) is 19.9 Å². The van der Waals surface area contributed by atoms with E-state index in [0.717, 1.165) is 6.07 Å². The van der Waals surface area contributed by atoms with Gasteiger partial charge in [-0.25, -0.2) is 4.98 Å². The number of nitrogen functional groups attached to an aromatic ring is 1. The summed E-state index contributed by atoms with van der Waals surface area (Å²) in [4.78, 5) is 18.4. The Bertz CT molecular complexity index is 792. The minimum absolute atomic E-state index is 0.000440. The first-order valence-corrected chi connectivity index (χ1v) is 9.26. The van der Waals surface area contributed by atoms with Crippen LogP contribution in [0, 0.1) is 11.8 Å². The molecule has 0 aliphatic carbocycles. The topological polar surface area (TPSA) is 80.8 Å². The molecule has 0 aliphatic rings. The fourth-order valence-corrected chi connectivity index (χ4v) is 2.71. The maximum absolute atomic E-state index is 13.0. The molecule has 0 saturated carbocycles. The van der Waals surface area contributed by atoms with E-state index in [0.29, 0.717) is 17.8 Å². The summed E-state index contributed by atoms with van der Waals surface area (Å²) >= 11 is 0. The van der Waals surface area contributed by atoms with Crippen LogP contribution >= 0.6 is 0 Å². The van der Waals surface area contributed by atoms with E-state index >= 15 is 0 Å². The molecule has 9 heteroatoms. The molecule has 0 aromatic carbocycles.